The summed E-state index contributed by atoms with van der Waals surface area (Å²) in [7, 11) is 3.30. The third kappa shape index (κ3) is 8.26. The number of nitrogens with one attached hydrogen (secondary N) is 3. The smallest absolute Gasteiger partial charge is 0.251 e. The van der Waals surface area contributed by atoms with Gasteiger partial charge in [-0.15, -0.1) is 24.0 Å². The van der Waals surface area contributed by atoms with Crippen molar-refractivity contribution in [2.24, 2.45) is 4.99 Å². The predicted octanol–water partition coefficient (Wildman–Crippen LogP) is 3.33. The molecule has 6 nitrogen and oxygen atoms in total. The van der Waals surface area contributed by atoms with Crippen LogP contribution in [0.1, 0.15) is 29.3 Å². The highest BCUT2D eigenvalue weighted by Gasteiger charge is 2.10. The monoisotopic (exact) mass is 514 g/mol. The zero-order chi connectivity index (χ0) is 20.4. The van der Waals surface area contributed by atoms with Crippen molar-refractivity contribution in [2.75, 3.05) is 20.6 Å². The van der Waals surface area contributed by atoms with Gasteiger partial charge in [-0.3, -0.25) is 9.79 Å². The Balaban J connectivity index is 0.00000420. The second kappa shape index (κ2) is 13.0. The second-order valence-corrected chi connectivity index (χ2v) is 6.19. The number of carbonyl (C=O) groups excluding carboxylic acids is 1. The lowest BCUT2D eigenvalue weighted by molar-refractivity contribution is 0.0963. The molecule has 0 spiro atoms. The number of benzene rings is 2. The number of aliphatic imine (C=N–C) groups is 1. The van der Waals surface area contributed by atoms with E-state index < -0.39 is 0 Å². The van der Waals surface area contributed by atoms with Crippen LogP contribution in [0.15, 0.2) is 53.5 Å². The normalized spacial score (nSPS) is 11.8. The number of halogens is 2. The highest BCUT2D eigenvalue weighted by atomic mass is 127. The minimum Gasteiger partial charge on any atom is -0.489 e. The van der Waals surface area contributed by atoms with Gasteiger partial charge in [0.2, 0.25) is 0 Å². The summed E-state index contributed by atoms with van der Waals surface area (Å²) in [6.07, 6.45) is 0.647. The fourth-order valence-corrected chi connectivity index (χ4v) is 2.54. The molecule has 0 bridgehead atoms. The summed E-state index contributed by atoms with van der Waals surface area (Å²) in [5, 5.41) is 9.04. The number of nitrogens with zero attached hydrogens (tertiary/aromatic N) is 1. The quantitative estimate of drug-likeness (QED) is 0.287. The number of hydrogen-bond acceptors (Lipinski definition) is 3. The molecular formula is C21H28FIN4O2. The lowest BCUT2D eigenvalue weighted by Gasteiger charge is -2.20. The van der Waals surface area contributed by atoms with Crippen LogP contribution in [-0.4, -0.2) is 38.6 Å². The largest absolute Gasteiger partial charge is 0.489 e. The molecular weight excluding hydrogens is 486 g/mol. The van der Waals surface area contributed by atoms with Crippen LogP contribution >= 0.6 is 24.0 Å². The second-order valence-electron chi connectivity index (χ2n) is 6.19. The van der Waals surface area contributed by atoms with Gasteiger partial charge >= 0.3 is 0 Å². The summed E-state index contributed by atoms with van der Waals surface area (Å²) < 4.78 is 19.1. The van der Waals surface area contributed by atoms with Gasteiger partial charge in [0.1, 0.15) is 17.7 Å². The highest BCUT2D eigenvalue weighted by molar-refractivity contribution is 14.0. The average molecular weight is 514 g/mol. The first-order valence-electron chi connectivity index (χ1n) is 9.23. The van der Waals surface area contributed by atoms with Gasteiger partial charge in [0.15, 0.2) is 5.96 Å². The molecule has 158 valence electrons. The van der Waals surface area contributed by atoms with E-state index in [4.69, 9.17) is 4.74 Å². The molecule has 1 amide bonds. The molecule has 0 saturated heterocycles. The number of rotatable bonds is 8. The van der Waals surface area contributed by atoms with Crippen LogP contribution < -0.4 is 20.7 Å². The van der Waals surface area contributed by atoms with Crippen LogP contribution in [0.25, 0.3) is 0 Å². The van der Waals surface area contributed by atoms with Crippen molar-refractivity contribution in [1.82, 2.24) is 16.0 Å². The zero-order valence-corrected chi connectivity index (χ0v) is 19.2. The van der Waals surface area contributed by atoms with Gasteiger partial charge in [0, 0.05) is 32.3 Å². The zero-order valence-electron chi connectivity index (χ0n) is 16.9. The van der Waals surface area contributed by atoms with E-state index in [9.17, 15) is 9.18 Å². The van der Waals surface area contributed by atoms with Gasteiger partial charge < -0.3 is 20.7 Å². The van der Waals surface area contributed by atoms with E-state index in [0.29, 0.717) is 30.4 Å². The lowest BCUT2D eigenvalue weighted by atomic mass is 10.1. The average Bonchev–Trinajstić information content (AvgIpc) is 2.72. The summed E-state index contributed by atoms with van der Waals surface area (Å²) >= 11 is 0. The standard InChI is InChI=1S/C21H27FN4O2.HI/c1-4-18(28-19-7-5-6-17(22)12-19)14-26-21(24-3)25-13-15-8-10-16(11-9-15)20(27)23-2;/h5-12,18H,4,13-14H2,1-3H3,(H,23,27)(H2,24,25,26);1H. The van der Waals surface area contributed by atoms with Gasteiger partial charge in [-0.05, 0) is 36.2 Å². The van der Waals surface area contributed by atoms with Crippen LogP contribution in [0, 0.1) is 5.82 Å². The maximum atomic E-state index is 13.3. The predicted molar refractivity (Wildman–Crippen MR) is 125 cm³/mol. The molecule has 0 saturated carbocycles. The van der Waals surface area contributed by atoms with E-state index in [-0.39, 0.29) is 41.8 Å². The van der Waals surface area contributed by atoms with Crippen molar-refractivity contribution in [1.29, 1.82) is 0 Å². The van der Waals surface area contributed by atoms with Crippen LogP contribution in [0.5, 0.6) is 5.75 Å². The van der Waals surface area contributed by atoms with E-state index in [1.807, 2.05) is 19.1 Å². The van der Waals surface area contributed by atoms with Crippen molar-refractivity contribution >= 4 is 35.8 Å². The Morgan fingerprint density at radius 1 is 1.17 bits per heavy atom. The van der Waals surface area contributed by atoms with Crippen LogP contribution in [0.2, 0.25) is 0 Å². The van der Waals surface area contributed by atoms with E-state index in [1.165, 1.54) is 12.1 Å². The maximum absolute atomic E-state index is 13.3. The number of hydrogen-bond donors (Lipinski definition) is 3. The highest BCUT2D eigenvalue weighted by Crippen LogP contribution is 2.14. The van der Waals surface area contributed by atoms with Crippen molar-refractivity contribution in [2.45, 2.75) is 26.0 Å². The number of carbonyl (C=O) groups is 1. The maximum Gasteiger partial charge on any atom is 0.251 e. The third-order valence-corrected chi connectivity index (χ3v) is 4.18. The summed E-state index contributed by atoms with van der Waals surface area (Å²) in [6.45, 7) is 3.10. The van der Waals surface area contributed by atoms with Crippen molar-refractivity contribution in [3.05, 3.63) is 65.5 Å². The van der Waals surface area contributed by atoms with Crippen LogP contribution in [-0.2, 0) is 6.54 Å². The minimum atomic E-state index is -0.319. The molecule has 2 aromatic rings. The summed E-state index contributed by atoms with van der Waals surface area (Å²) in [4.78, 5) is 15.8. The molecule has 1 atom stereocenters. The summed E-state index contributed by atoms with van der Waals surface area (Å²) in [6, 6.07) is 13.5. The lowest BCUT2D eigenvalue weighted by Crippen LogP contribution is -2.42. The van der Waals surface area contributed by atoms with Crippen molar-refractivity contribution in [3.63, 3.8) is 0 Å². The Bertz CT molecular complexity index is 800. The van der Waals surface area contributed by atoms with Crippen molar-refractivity contribution < 1.29 is 13.9 Å². The molecule has 2 rings (SSSR count). The summed E-state index contributed by atoms with van der Waals surface area (Å²) in [5.74, 6) is 0.714. The van der Waals surface area contributed by atoms with E-state index in [2.05, 4.69) is 20.9 Å². The fourth-order valence-electron chi connectivity index (χ4n) is 2.54. The van der Waals surface area contributed by atoms with E-state index in [1.54, 1.807) is 38.4 Å². The molecule has 0 heterocycles. The first-order chi connectivity index (χ1) is 13.5. The van der Waals surface area contributed by atoms with E-state index >= 15 is 0 Å². The van der Waals surface area contributed by atoms with Crippen LogP contribution in [0.3, 0.4) is 0 Å². The topological polar surface area (TPSA) is 74.8 Å². The molecule has 8 heteroatoms. The first kappa shape index (κ1) is 24.7. The number of amides is 1. The Morgan fingerprint density at radius 3 is 2.48 bits per heavy atom. The molecule has 29 heavy (non-hydrogen) atoms. The van der Waals surface area contributed by atoms with Crippen molar-refractivity contribution in [3.8, 4) is 5.75 Å². The third-order valence-electron chi connectivity index (χ3n) is 4.18. The molecule has 0 aliphatic carbocycles. The fraction of sp³-hybridized carbons (Fsp3) is 0.333. The molecule has 3 N–H and O–H groups in total. The Labute approximate surface area is 188 Å². The summed E-state index contributed by atoms with van der Waals surface area (Å²) in [5.41, 5.74) is 1.65. The van der Waals surface area contributed by atoms with Gasteiger partial charge in [0.25, 0.3) is 5.91 Å². The van der Waals surface area contributed by atoms with Gasteiger partial charge in [0.05, 0.1) is 6.54 Å². The van der Waals surface area contributed by atoms with Gasteiger partial charge in [-0.2, -0.15) is 0 Å². The Morgan fingerprint density at radius 2 is 1.90 bits per heavy atom. The van der Waals surface area contributed by atoms with Crippen LogP contribution in [0.4, 0.5) is 4.39 Å². The number of ether oxygens (including phenoxy) is 1. The molecule has 0 radical (unpaired) electrons. The number of guanidine groups is 1. The first-order valence-corrected chi connectivity index (χ1v) is 9.23. The Hall–Kier alpha value is -2.36. The van der Waals surface area contributed by atoms with Gasteiger partial charge in [-0.25, -0.2) is 4.39 Å². The van der Waals surface area contributed by atoms with E-state index in [0.717, 1.165) is 12.0 Å². The molecule has 0 fully saturated rings. The Kier molecular flexibility index (Phi) is 11.0. The minimum absolute atomic E-state index is 0. The molecule has 2 aromatic carbocycles. The molecule has 0 aliphatic heterocycles. The van der Waals surface area contributed by atoms with Gasteiger partial charge in [-0.1, -0.05) is 25.1 Å². The molecule has 0 aliphatic rings. The molecule has 0 aromatic heterocycles. The SMILES string of the molecule is CCC(CNC(=NC)NCc1ccc(C(=O)NC)cc1)Oc1cccc(F)c1.I. The molecule has 1 unspecified atom stereocenters.